The van der Waals surface area contributed by atoms with E-state index in [0.29, 0.717) is 24.6 Å². The summed E-state index contributed by atoms with van der Waals surface area (Å²) >= 11 is 0. The molecule has 0 aromatic heterocycles. The maximum atomic E-state index is 13.0. The average Bonchev–Trinajstić information content (AvgIpc) is 3.25. The first-order valence-electron chi connectivity index (χ1n) is 11.7. The highest BCUT2D eigenvalue weighted by Crippen LogP contribution is 2.33. The van der Waals surface area contributed by atoms with Gasteiger partial charge in [-0.2, -0.15) is 0 Å². The highest BCUT2D eigenvalue weighted by molar-refractivity contribution is 6.05. The molecule has 7 nitrogen and oxygen atoms in total. The fourth-order valence-corrected chi connectivity index (χ4v) is 5.95. The molecule has 5 rings (SSSR count). The number of carbonyl (C=O) groups excluding carboxylic acids is 3. The van der Waals surface area contributed by atoms with Crippen molar-refractivity contribution in [3.8, 4) is 0 Å². The lowest BCUT2D eigenvalue weighted by Crippen LogP contribution is -2.52. The van der Waals surface area contributed by atoms with Crippen LogP contribution >= 0.6 is 0 Å². The van der Waals surface area contributed by atoms with Crippen molar-refractivity contribution in [3.63, 3.8) is 0 Å². The molecule has 4 unspecified atom stereocenters. The Morgan fingerprint density at radius 1 is 1.13 bits per heavy atom. The fraction of sp³-hybridized carbons (Fsp3) is 0.625. The lowest BCUT2D eigenvalue weighted by atomic mass is 9.87. The summed E-state index contributed by atoms with van der Waals surface area (Å²) in [6.45, 7) is 3.42. The van der Waals surface area contributed by atoms with Crippen molar-refractivity contribution in [1.29, 1.82) is 0 Å². The third kappa shape index (κ3) is 4.26. The van der Waals surface area contributed by atoms with E-state index in [1.807, 2.05) is 12.1 Å². The maximum absolute atomic E-state index is 13.0. The number of benzene rings is 1. The number of rotatable bonds is 6. The van der Waals surface area contributed by atoms with Gasteiger partial charge in [0.1, 0.15) is 6.04 Å². The average molecular weight is 425 g/mol. The SMILES string of the molecule is CC(CC1CC2CCC(C1)N2)NCc1ccc2c(c1)C(=O)N(C1CCC(=O)NC1=O)C2. The van der Waals surface area contributed by atoms with E-state index in [0.717, 1.165) is 35.7 Å². The molecule has 2 bridgehead atoms. The summed E-state index contributed by atoms with van der Waals surface area (Å²) in [6, 6.07) is 7.38. The molecule has 166 valence electrons. The highest BCUT2D eigenvalue weighted by Gasteiger charge is 2.39. The predicted octanol–water partition coefficient (Wildman–Crippen LogP) is 1.85. The zero-order valence-corrected chi connectivity index (χ0v) is 18.2. The Morgan fingerprint density at radius 2 is 1.90 bits per heavy atom. The van der Waals surface area contributed by atoms with Crippen LogP contribution in [0.1, 0.15) is 73.4 Å². The standard InChI is InChI=1S/C24H32N4O3/c1-14(8-16-9-18-4-5-19(10-16)26-18)25-12-15-2-3-17-13-28(24(31)20(17)11-15)21-6-7-22(29)27-23(21)30/h2-3,11,14,16,18-19,21,25-26H,4-10,12-13H2,1H3,(H,27,29,30). The van der Waals surface area contributed by atoms with Crippen LogP contribution in [0, 0.1) is 5.92 Å². The second kappa shape index (κ2) is 8.36. The zero-order valence-electron chi connectivity index (χ0n) is 18.2. The molecule has 4 atom stereocenters. The second-order valence-electron chi connectivity index (χ2n) is 9.88. The predicted molar refractivity (Wildman–Crippen MR) is 116 cm³/mol. The van der Waals surface area contributed by atoms with Crippen molar-refractivity contribution < 1.29 is 14.4 Å². The number of amides is 3. The number of imide groups is 1. The molecule has 3 amide bonds. The summed E-state index contributed by atoms with van der Waals surface area (Å²) in [5.74, 6) is 0.0685. The Hall–Kier alpha value is -2.25. The van der Waals surface area contributed by atoms with Crippen LogP contribution in [-0.2, 0) is 22.7 Å². The van der Waals surface area contributed by atoms with Gasteiger partial charge in [-0.15, -0.1) is 0 Å². The normalized spacial score (nSPS) is 31.0. The first kappa shape index (κ1) is 20.6. The van der Waals surface area contributed by atoms with Crippen LogP contribution in [0.4, 0.5) is 0 Å². The van der Waals surface area contributed by atoms with Gasteiger partial charge >= 0.3 is 0 Å². The molecule has 3 saturated heterocycles. The van der Waals surface area contributed by atoms with Gasteiger partial charge in [0.15, 0.2) is 0 Å². The molecule has 1 aromatic carbocycles. The fourth-order valence-electron chi connectivity index (χ4n) is 5.95. The molecular formula is C24H32N4O3. The Morgan fingerprint density at radius 3 is 2.65 bits per heavy atom. The van der Waals surface area contributed by atoms with Crippen LogP contribution in [0.15, 0.2) is 18.2 Å². The van der Waals surface area contributed by atoms with E-state index in [-0.39, 0.29) is 24.1 Å². The Kier molecular flexibility index (Phi) is 5.56. The number of hydrogen-bond acceptors (Lipinski definition) is 5. The van der Waals surface area contributed by atoms with E-state index in [9.17, 15) is 14.4 Å². The summed E-state index contributed by atoms with van der Waals surface area (Å²) < 4.78 is 0. The minimum absolute atomic E-state index is 0.107. The van der Waals surface area contributed by atoms with E-state index in [1.165, 1.54) is 32.1 Å². The van der Waals surface area contributed by atoms with Gasteiger partial charge in [-0.1, -0.05) is 12.1 Å². The number of piperidine rings is 2. The summed E-state index contributed by atoms with van der Waals surface area (Å²) in [4.78, 5) is 38.2. The van der Waals surface area contributed by atoms with Gasteiger partial charge in [-0.25, -0.2) is 0 Å². The monoisotopic (exact) mass is 424 g/mol. The smallest absolute Gasteiger partial charge is 0.255 e. The van der Waals surface area contributed by atoms with E-state index in [1.54, 1.807) is 4.90 Å². The van der Waals surface area contributed by atoms with Crippen LogP contribution in [-0.4, -0.2) is 46.8 Å². The van der Waals surface area contributed by atoms with E-state index < -0.39 is 6.04 Å². The molecule has 0 aliphatic carbocycles. The summed E-state index contributed by atoms with van der Waals surface area (Å²) in [5, 5.41) is 9.71. The lowest BCUT2D eigenvalue weighted by Gasteiger charge is -2.31. The van der Waals surface area contributed by atoms with Gasteiger partial charge in [0.05, 0.1) is 0 Å². The van der Waals surface area contributed by atoms with Crippen molar-refractivity contribution in [2.45, 2.75) is 89.1 Å². The lowest BCUT2D eigenvalue weighted by molar-refractivity contribution is -0.136. The van der Waals surface area contributed by atoms with Gasteiger partial charge < -0.3 is 15.5 Å². The Bertz CT molecular complexity index is 889. The minimum atomic E-state index is -0.556. The number of nitrogens with one attached hydrogen (secondary N) is 3. The van der Waals surface area contributed by atoms with E-state index in [2.05, 4.69) is 28.9 Å². The number of fused-ring (bicyclic) bond motifs is 3. The molecule has 4 heterocycles. The molecule has 31 heavy (non-hydrogen) atoms. The molecule has 3 fully saturated rings. The summed E-state index contributed by atoms with van der Waals surface area (Å²) in [5.41, 5.74) is 2.73. The van der Waals surface area contributed by atoms with Gasteiger partial charge in [-0.3, -0.25) is 19.7 Å². The van der Waals surface area contributed by atoms with Crippen LogP contribution in [0.3, 0.4) is 0 Å². The van der Waals surface area contributed by atoms with Crippen molar-refractivity contribution in [3.05, 3.63) is 34.9 Å². The third-order valence-corrected chi connectivity index (χ3v) is 7.50. The van der Waals surface area contributed by atoms with E-state index >= 15 is 0 Å². The van der Waals surface area contributed by atoms with Crippen molar-refractivity contribution in [2.24, 2.45) is 5.92 Å². The molecular weight excluding hydrogens is 392 g/mol. The third-order valence-electron chi connectivity index (χ3n) is 7.50. The van der Waals surface area contributed by atoms with Crippen LogP contribution in [0.2, 0.25) is 0 Å². The number of hydrogen-bond donors (Lipinski definition) is 3. The van der Waals surface area contributed by atoms with Crippen LogP contribution in [0.25, 0.3) is 0 Å². The van der Waals surface area contributed by atoms with Gasteiger partial charge in [-0.05, 0) is 68.6 Å². The first-order chi connectivity index (χ1) is 15.0. The summed E-state index contributed by atoms with van der Waals surface area (Å²) in [7, 11) is 0. The quantitative estimate of drug-likeness (QED) is 0.607. The van der Waals surface area contributed by atoms with Crippen molar-refractivity contribution >= 4 is 17.7 Å². The summed E-state index contributed by atoms with van der Waals surface area (Å²) in [6.07, 6.45) is 7.14. The molecule has 0 spiro atoms. The van der Waals surface area contributed by atoms with Crippen LogP contribution < -0.4 is 16.0 Å². The Balaban J connectivity index is 1.17. The minimum Gasteiger partial charge on any atom is -0.322 e. The maximum Gasteiger partial charge on any atom is 0.255 e. The molecule has 7 heteroatoms. The molecule has 0 radical (unpaired) electrons. The number of carbonyl (C=O) groups is 3. The topological polar surface area (TPSA) is 90.5 Å². The number of nitrogens with zero attached hydrogens (tertiary/aromatic N) is 1. The molecule has 3 N–H and O–H groups in total. The highest BCUT2D eigenvalue weighted by atomic mass is 16.2. The van der Waals surface area contributed by atoms with Crippen molar-refractivity contribution in [1.82, 2.24) is 20.9 Å². The van der Waals surface area contributed by atoms with E-state index in [4.69, 9.17) is 0 Å². The van der Waals surface area contributed by atoms with Gasteiger partial charge in [0.25, 0.3) is 5.91 Å². The van der Waals surface area contributed by atoms with Gasteiger partial charge in [0, 0.05) is 43.2 Å². The zero-order chi connectivity index (χ0) is 21.5. The molecule has 4 aliphatic heterocycles. The molecule has 4 aliphatic rings. The molecule has 1 aromatic rings. The largest absolute Gasteiger partial charge is 0.322 e. The second-order valence-corrected chi connectivity index (χ2v) is 9.88. The first-order valence-corrected chi connectivity index (χ1v) is 11.7. The van der Waals surface area contributed by atoms with Crippen molar-refractivity contribution in [2.75, 3.05) is 0 Å². The van der Waals surface area contributed by atoms with Crippen LogP contribution in [0.5, 0.6) is 0 Å². The molecule has 0 saturated carbocycles. The van der Waals surface area contributed by atoms with Gasteiger partial charge in [0.2, 0.25) is 11.8 Å². The Labute approximate surface area is 183 Å².